The fourth-order valence-electron chi connectivity index (χ4n) is 5.44. The molecule has 0 spiro atoms. The first kappa shape index (κ1) is 28.3. The molecule has 0 bridgehead atoms. The Labute approximate surface area is 218 Å². The topological polar surface area (TPSA) is 41.6 Å². The number of hydrogen-bond acceptors (Lipinski definition) is 2. The second-order valence-corrected chi connectivity index (χ2v) is 10.5. The third-order valence-corrected chi connectivity index (χ3v) is 7.83. The molecule has 1 N–H and O–H groups in total. The molecule has 0 unspecified atom stereocenters. The summed E-state index contributed by atoms with van der Waals surface area (Å²) in [7, 11) is 0. The monoisotopic (exact) mass is 542 g/mol. The van der Waals surface area contributed by atoms with Gasteiger partial charge >= 0.3 is 18.4 Å². The molecule has 2 aromatic carbocycles. The van der Waals surface area contributed by atoms with Crippen molar-refractivity contribution in [1.29, 1.82) is 0 Å². The number of halogens is 6. The number of hydrogen-bond donors (Lipinski definition) is 1. The number of urea groups is 1. The number of ether oxygens (including phenoxy) is 1. The Bertz CT molecular complexity index is 1070. The Hall–Kier alpha value is -2.75. The van der Waals surface area contributed by atoms with E-state index in [4.69, 9.17) is 4.74 Å². The molecule has 2 fully saturated rings. The molecule has 1 saturated carbocycles. The fourth-order valence-corrected chi connectivity index (χ4v) is 5.44. The van der Waals surface area contributed by atoms with Crippen molar-refractivity contribution in [1.82, 2.24) is 10.2 Å². The van der Waals surface area contributed by atoms with Gasteiger partial charge in [-0.25, -0.2) is 4.79 Å². The van der Waals surface area contributed by atoms with Crippen LogP contribution in [0.1, 0.15) is 67.9 Å². The number of carbonyl (C=O) groups is 1. The quantitative estimate of drug-likeness (QED) is 0.372. The summed E-state index contributed by atoms with van der Waals surface area (Å²) in [6.07, 6.45) is -7.51. The minimum Gasteiger partial charge on any atom is -0.373 e. The van der Waals surface area contributed by atoms with Crippen molar-refractivity contribution >= 4 is 6.03 Å². The number of benzene rings is 2. The van der Waals surface area contributed by atoms with Crippen LogP contribution >= 0.6 is 0 Å². The average molecular weight is 543 g/mol. The van der Waals surface area contributed by atoms with Crippen LogP contribution in [0, 0.1) is 5.92 Å². The Kier molecular flexibility index (Phi) is 8.02. The van der Waals surface area contributed by atoms with Crippen molar-refractivity contribution in [2.24, 2.45) is 5.92 Å². The van der Waals surface area contributed by atoms with Gasteiger partial charge in [-0.2, -0.15) is 26.3 Å². The molecule has 0 aromatic heterocycles. The van der Waals surface area contributed by atoms with Gasteiger partial charge in [-0.3, -0.25) is 0 Å². The molecule has 1 aliphatic carbocycles. The van der Waals surface area contributed by atoms with Gasteiger partial charge in [-0.15, -0.1) is 0 Å². The van der Waals surface area contributed by atoms with E-state index in [-0.39, 0.29) is 36.2 Å². The van der Waals surface area contributed by atoms with Gasteiger partial charge in [-0.05, 0) is 74.8 Å². The summed E-state index contributed by atoms with van der Waals surface area (Å²) in [4.78, 5) is 14.3. The Morgan fingerprint density at radius 3 is 2.05 bits per heavy atom. The van der Waals surface area contributed by atoms with Crippen molar-refractivity contribution < 1.29 is 35.9 Å². The fraction of sp³-hybridized carbons (Fsp3) is 0.536. The molecule has 1 saturated heterocycles. The highest BCUT2D eigenvalue weighted by atomic mass is 19.4. The lowest BCUT2D eigenvalue weighted by Gasteiger charge is -2.50. The maximum absolute atomic E-state index is 13.3. The molecule has 2 amide bonds. The van der Waals surface area contributed by atoms with E-state index in [0.29, 0.717) is 25.0 Å². The highest BCUT2D eigenvalue weighted by molar-refractivity contribution is 5.74. The molecule has 2 atom stereocenters. The first-order valence-electron chi connectivity index (χ1n) is 12.8. The molecule has 208 valence electrons. The predicted molar refractivity (Wildman–Crippen MR) is 130 cm³/mol. The van der Waals surface area contributed by atoms with E-state index >= 15 is 0 Å². The van der Waals surface area contributed by atoms with Gasteiger partial charge in [-0.1, -0.05) is 30.3 Å². The van der Waals surface area contributed by atoms with Gasteiger partial charge in [0.2, 0.25) is 0 Å². The second kappa shape index (κ2) is 10.8. The van der Waals surface area contributed by atoms with Crippen LogP contribution in [-0.2, 0) is 22.5 Å². The van der Waals surface area contributed by atoms with E-state index in [9.17, 15) is 31.1 Å². The Morgan fingerprint density at radius 1 is 0.974 bits per heavy atom. The lowest BCUT2D eigenvalue weighted by Crippen LogP contribution is -2.54. The highest BCUT2D eigenvalue weighted by Gasteiger charge is 2.48. The molecule has 10 heteroatoms. The SMILES string of the molecule is C[C@H](NC(=O)N1CCCC1)C1CC(CO[C@H](C)c2cc(C(F)(F)F)cc(C(F)(F)F)c2)(c2ccccc2)C1. The maximum atomic E-state index is 13.3. The van der Waals surface area contributed by atoms with Crippen LogP contribution in [0.2, 0.25) is 0 Å². The number of rotatable bonds is 7. The van der Waals surface area contributed by atoms with Crippen LogP contribution < -0.4 is 5.32 Å². The summed E-state index contributed by atoms with van der Waals surface area (Å²) < 4.78 is 85.9. The first-order chi connectivity index (χ1) is 17.8. The van der Waals surface area contributed by atoms with Crippen LogP contribution in [0.4, 0.5) is 31.1 Å². The lowest BCUT2D eigenvalue weighted by molar-refractivity contribution is -0.143. The van der Waals surface area contributed by atoms with Crippen molar-refractivity contribution in [2.45, 2.75) is 69.4 Å². The Balaban J connectivity index is 1.48. The number of carbonyl (C=O) groups excluding carboxylic acids is 1. The van der Waals surface area contributed by atoms with Gasteiger partial charge in [0, 0.05) is 24.5 Å². The summed E-state index contributed by atoms with van der Waals surface area (Å²) in [6.45, 7) is 5.03. The number of alkyl halides is 6. The second-order valence-electron chi connectivity index (χ2n) is 10.5. The number of amides is 2. The van der Waals surface area contributed by atoms with Crippen LogP contribution in [-0.4, -0.2) is 36.7 Å². The predicted octanol–water partition coefficient (Wildman–Crippen LogP) is 7.34. The zero-order chi connectivity index (χ0) is 27.7. The smallest absolute Gasteiger partial charge is 0.373 e. The number of likely N-dealkylation sites (tertiary alicyclic amines) is 1. The average Bonchev–Trinajstić information content (AvgIpc) is 3.38. The van der Waals surface area contributed by atoms with Crippen LogP contribution in [0.5, 0.6) is 0 Å². The molecular formula is C28H32F6N2O2. The van der Waals surface area contributed by atoms with E-state index in [1.54, 1.807) is 4.90 Å². The number of nitrogens with one attached hydrogen (secondary N) is 1. The minimum atomic E-state index is -4.92. The van der Waals surface area contributed by atoms with Crippen LogP contribution in [0.15, 0.2) is 48.5 Å². The van der Waals surface area contributed by atoms with Crippen molar-refractivity contribution in [3.8, 4) is 0 Å². The highest BCUT2D eigenvalue weighted by Crippen LogP contribution is 2.50. The van der Waals surface area contributed by atoms with Gasteiger partial charge in [0.05, 0.1) is 23.8 Å². The molecule has 4 rings (SSSR count). The molecule has 1 aliphatic heterocycles. The first-order valence-corrected chi connectivity index (χ1v) is 12.8. The van der Waals surface area contributed by atoms with Gasteiger partial charge in [0.25, 0.3) is 0 Å². The molecule has 4 nitrogen and oxygen atoms in total. The maximum Gasteiger partial charge on any atom is 0.416 e. The summed E-state index contributed by atoms with van der Waals surface area (Å²) in [6, 6.07) is 10.9. The normalized spacial score (nSPS) is 23.6. The van der Waals surface area contributed by atoms with Gasteiger partial charge in [0.15, 0.2) is 0 Å². The molecule has 0 radical (unpaired) electrons. The van der Waals surface area contributed by atoms with E-state index in [1.807, 2.05) is 37.3 Å². The molecule has 2 aromatic rings. The Morgan fingerprint density at radius 2 is 1.53 bits per heavy atom. The van der Waals surface area contributed by atoms with E-state index in [1.165, 1.54) is 6.92 Å². The van der Waals surface area contributed by atoms with E-state index in [0.717, 1.165) is 31.5 Å². The van der Waals surface area contributed by atoms with Gasteiger partial charge < -0.3 is 15.0 Å². The minimum absolute atomic E-state index is 0.0814. The third-order valence-electron chi connectivity index (χ3n) is 7.83. The molecule has 2 aliphatic rings. The number of nitrogens with zero attached hydrogens (tertiary/aromatic N) is 1. The molecule has 38 heavy (non-hydrogen) atoms. The lowest BCUT2D eigenvalue weighted by atomic mass is 9.57. The summed E-state index contributed by atoms with van der Waals surface area (Å²) in [5.41, 5.74) is -2.37. The zero-order valence-corrected chi connectivity index (χ0v) is 21.3. The zero-order valence-electron chi connectivity index (χ0n) is 21.3. The van der Waals surface area contributed by atoms with E-state index in [2.05, 4.69) is 5.32 Å². The van der Waals surface area contributed by atoms with Crippen molar-refractivity contribution in [3.05, 3.63) is 70.8 Å². The standard InChI is InChI=1S/C28H32F6N2O2/c1-18(35-25(37)36-10-6-7-11-36)21-15-26(16-21,22-8-4-3-5-9-22)17-38-19(2)20-12-23(27(29,30)31)14-24(13-20)28(32,33)34/h3-5,8-9,12-14,18-19,21H,6-7,10-11,15-17H2,1-2H3,(H,35,37)/t18-,19+,21?,26?/m0/s1. The summed E-state index contributed by atoms with van der Waals surface area (Å²) in [5, 5.41) is 3.08. The van der Waals surface area contributed by atoms with Crippen molar-refractivity contribution in [3.63, 3.8) is 0 Å². The molecular weight excluding hydrogens is 510 g/mol. The van der Waals surface area contributed by atoms with Crippen LogP contribution in [0.25, 0.3) is 0 Å². The largest absolute Gasteiger partial charge is 0.416 e. The van der Waals surface area contributed by atoms with Crippen molar-refractivity contribution in [2.75, 3.05) is 19.7 Å². The van der Waals surface area contributed by atoms with Crippen LogP contribution in [0.3, 0.4) is 0 Å². The van der Waals surface area contributed by atoms with E-state index < -0.39 is 35.0 Å². The van der Waals surface area contributed by atoms with Gasteiger partial charge in [0.1, 0.15) is 0 Å². The molecule has 1 heterocycles. The third kappa shape index (κ3) is 6.27. The summed E-state index contributed by atoms with van der Waals surface area (Å²) in [5.74, 6) is 0.158. The summed E-state index contributed by atoms with van der Waals surface area (Å²) >= 11 is 0.